The van der Waals surface area contributed by atoms with Gasteiger partial charge in [-0.3, -0.25) is 4.79 Å². The van der Waals surface area contributed by atoms with Crippen molar-refractivity contribution in [1.29, 1.82) is 10.5 Å². The van der Waals surface area contributed by atoms with E-state index in [1.807, 2.05) is 6.07 Å². The summed E-state index contributed by atoms with van der Waals surface area (Å²) < 4.78 is 18.8. The maximum absolute atomic E-state index is 13.0. The second-order valence-corrected chi connectivity index (χ2v) is 8.74. The van der Waals surface area contributed by atoms with Gasteiger partial charge in [-0.15, -0.1) is 11.3 Å². The molecular formula is C26H20FN3O2S. The molecule has 164 valence electrons. The van der Waals surface area contributed by atoms with Crippen molar-refractivity contribution in [2.45, 2.75) is 32.3 Å². The van der Waals surface area contributed by atoms with Gasteiger partial charge in [0.05, 0.1) is 5.56 Å². The molecule has 0 fully saturated rings. The fraction of sp³-hybridized carbons (Fsp3) is 0.192. The monoisotopic (exact) mass is 457 g/mol. The molecular weight excluding hydrogens is 437 g/mol. The lowest BCUT2D eigenvalue weighted by atomic mass is 9.96. The van der Waals surface area contributed by atoms with Crippen LogP contribution in [0.3, 0.4) is 0 Å². The van der Waals surface area contributed by atoms with Gasteiger partial charge < -0.3 is 10.1 Å². The maximum Gasteiger partial charge on any atom is 0.266 e. The number of halogens is 1. The molecule has 1 aliphatic rings. The smallest absolute Gasteiger partial charge is 0.266 e. The van der Waals surface area contributed by atoms with E-state index in [9.17, 15) is 19.7 Å². The van der Waals surface area contributed by atoms with Crippen molar-refractivity contribution >= 4 is 28.3 Å². The molecule has 0 saturated heterocycles. The minimum atomic E-state index is -0.551. The molecule has 1 heterocycles. The fourth-order valence-electron chi connectivity index (χ4n) is 3.70. The number of nitrogens with one attached hydrogen (secondary N) is 1. The molecule has 1 amide bonds. The largest absolute Gasteiger partial charge is 0.489 e. The summed E-state index contributed by atoms with van der Waals surface area (Å²) in [7, 11) is 0. The number of amides is 1. The Balaban J connectivity index is 1.48. The minimum absolute atomic E-state index is 0.0686. The first-order chi connectivity index (χ1) is 16.1. The molecule has 4 rings (SSSR count). The first kappa shape index (κ1) is 22.3. The maximum atomic E-state index is 13.0. The van der Waals surface area contributed by atoms with E-state index in [-0.39, 0.29) is 18.0 Å². The van der Waals surface area contributed by atoms with Crippen molar-refractivity contribution in [2.75, 3.05) is 5.32 Å². The molecule has 1 aliphatic carbocycles. The molecule has 0 radical (unpaired) electrons. The number of aryl methyl sites for hydroxylation is 1. The van der Waals surface area contributed by atoms with Gasteiger partial charge in [0.2, 0.25) is 0 Å². The van der Waals surface area contributed by atoms with Crippen molar-refractivity contribution < 1.29 is 13.9 Å². The highest BCUT2D eigenvalue weighted by molar-refractivity contribution is 7.16. The molecule has 2 aromatic carbocycles. The number of hydrogen-bond donors (Lipinski definition) is 1. The fourth-order valence-corrected chi connectivity index (χ4v) is 4.93. The zero-order chi connectivity index (χ0) is 23.2. The predicted octanol–water partition coefficient (Wildman–Crippen LogP) is 5.76. The number of benzene rings is 2. The number of thiophene rings is 1. The third-order valence-electron chi connectivity index (χ3n) is 5.36. The summed E-state index contributed by atoms with van der Waals surface area (Å²) in [5, 5.41) is 22.4. The summed E-state index contributed by atoms with van der Waals surface area (Å²) >= 11 is 1.42. The number of ether oxygens (including phenoxy) is 1. The molecule has 0 unspecified atom stereocenters. The quantitative estimate of drug-likeness (QED) is 0.376. The van der Waals surface area contributed by atoms with Gasteiger partial charge >= 0.3 is 0 Å². The number of rotatable bonds is 6. The third-order valence-corrected chi connectivity index (χ3v) is 6.57. The van der Waals surface area contributed by atoms with Crippen LogP contribution in [0.1, 0.15) is 40.0 Å². The SMILES string of the molecule is N#C/C(=C\c1cccc(OCc2ccc(F)cc2)c1)C(=O)Nc1sc2c(c1C#N)CCCC2. The molecule has 0 atom stereocenters. The summed E-state index contributed by atoms with van der Waals surface area (Å²) in [5.41, 5.74) is 2.92. The van der Waals surface area contributed by atoms with E-state index < -0.39 is 5.91 Å². The lowest BCUT2D eigenvalue weighted by Gasteiger charge is -2.09. The summed E-state index contributed by atoms with van der Waals surface area (Å²) in [6, 6.07) is 17.2. The number of nitriles is 2. The van der Waals surface area contributed by atoms with Gasteiger partial charge in [0.15, 0.2) is 0 Å². The molecule has 0 bridgehead atoms. The molecule has 0 saturated carbocycles. The van der Waals surface area contributed by atoms with Gasteiger partial charge in [0.25, 0.3) is 5.91 Å². The Morgan fingerprint density at radius 2 is 1.94 bits per heavy atom. The van der Waals surface area contributed by atoms with Crippen molar-refractivity contribution in [3.63, 3.8) is 0 Å². The Bertz CT molecular complexity index is 1300. The van der Waals surface area contributed by atoms with Crippen molar-refractivity contribution in [2.24, 2.45) is 0 Å². The van der Waals surface area contributed by atoms with E-state index in [2.05, 4.69) is 11.4 Å². The summed E-state index contributed by atoms with van der Waals surface area (Å²) in [5.74, 6) is -0.300. The molecule has 5 nitrogen and oxygen atoms in total. The van der Waals surface area contributed by atoms with Crippen LogP contribution in [0.2, 0.25) is 0 Å². The second-order valence-electron chi connectivity index (χ2n) is 7.64. The van der Waals surface area contributed by atoms with Gasteiger partial charge in [-0.1, -0.05) is 24.3 Å². The van der Waals surface area contributed by atoms with Crippen LogP contribution in [-0.2, 0) is 24.2 Å². The number of carbonyl (C=O) groups is 1. The standard InChI is InChI=1S/C26H20FN3O2S/c27-20-10-8-17(9-11-20)16-32-21-5-3-4-18(13-21)12-19(14-28)25(31)30-26-23(15-29)22-6-1-2-7-24(22)33-26/h3-5,8-13H,1-2,6-7,16H2,(H,30,31)/b19-12+. The Morgan fingerprint density at radius 3 is 2.70 bits per heavy atom. The van der Waals surface area contributed by atoms with Gasteiger partial charge in [0, 0.05) is 4.88 Å². The predicted molar refractivity (Wildman–Crippen MR) is 125 cm³/mol. The van der Waals surface area contributed by atoms with Crippen LogP contribution in [-0.4, -0.2) is 5.91 Å². The molecule has 1 aromatic heterocycles. The zero-order valence-corrected chi connectivity index (χ0v) is 18.5. The van der Waals surface area contributed by atoms with E-state index in [0.717, 1.165) is 41.7 Å². The lowest BCUT2D eigenvalue weighted by molar-refractivity contribution is -0.112. The average Bonchev–Trinajstić information content (AvgIpc) is 3.19. The highest BCUT2D eigenvalue weighted by atomic mass is 32.1. The van der Waals surface area contributed by atoms with Crippen LogP contribution >= 0.6 is 11.3 Å². The minimum Gasteiger partial charge on any atom is -0.489 e. The van der Waals surface area contributed by atoms with E-state index in [0.29, 0.717) is 21.9 Å². The highest BCUT2D eigenvalue weighted by Gasteiger charge is 2.22. The molecule has 0 spiro atoms. The molecule has 7 heteroatoms. The van der Waals surface area contributed by atoms with Gasteiger partial charge in [-0.2, -0.15) is 10.5 Å². The Morgan fingerprint density at radius 1 is 1.15 bits per heavy atom. The van der Waals surface area contributed by atoms with Crippen LogP contribution in [0.4, 0.5) is 9.39 Å². The number of anilines is 1. The Labute approximate surface area is 195 Å². The van der Waals surface area contributed by atoms with Crippen molar-refractivity contribution in [3.8, 4) is 17.9 Å². The zero-order valence-electron chi connectivity index (χ0n) is 17.7. The molecule has 0 aliphatic heterocycles. The highest BCUT2D eigenvalue weighted by Crippen LogP contribution is 2.37. The van der Waals surface area contributed by atoms with Gasteiger partial charge in [0.1, 0.15) is 40.9 Å². The molecule has 1 N–H and O–H groups in total. The molecule has 3 aromatic rings. The topological polar surface area (TPSA) is 85.9 Å². The van der Waals surface area contributed by atoms with Crippen LogP contribution in [0.15, 0.2) is 54.1 Å². The number of hydrogen-bond acceptors (Lipinski definition) is 5. The number of nitrogens with zero attached hydrogens (tertiary/aromatic N) is 2. The van der Waals surface area contributed by atoms with E-state index >= 15 is 0 Å². The van der Waals surface area contributed by atoms with Crippen LogP contribution in [0.5, 0.6) is 5.75 Å². The van der Waals surface area contributed by atoms with Crippen LogP contribution in [0.25, 0.3) is 6.08 Å². The van der Waals surface area contributed by atoms with Crippen LogP contribution < -0.4 is 10.1 Å². The second kappa shape index (κ2) is 10.1. The summed E-state index contributed by atoms with van der Waals surface area (Å²) in [6.45, 7) is 0.263. The lowest BCUT2D eigenvalue weighted by Crippen LogP contribution is -2.13. The Hall–Kier alpha value is -3.94. The van der Waals surface area contributed by atoms with Gasteiger partial charge in [-0.25, -0.2) is 4.39 Å². The number of carbonyl (C=O) groups excluding carboxylic acids is 1. The Kier molecular flexibility index (Phi) is 6.83. The third kappa shape index (κ3) is 5.28. The number of fused-ring (bicyclic) bond motifs is 1. The van der Waals surface area contributed by atoms with Crippen LogP contribution in [0, 0.1) is 28.5 Å². The molecule has 33 heavy (non-hydrogen) atoms. The van der Waals surface area contributed by atoms with Crippen molar-refractivity contribution in [1.82, 2.24) is 0 Å². The normalized spacial score (nSPS) is 12.9. The van der Waals surface area contributed by atoms with Crippen molar-refractivity contribution in [3.05, 3.63) is 87.1 Å². The average molecular weight is 458 g/mol. The van der Waals surface area contributed by atoms with E-state index in [4.69, 9.17) is 4.74 Å². The summed E-state index contributed by atoms with van der Waals surface area (Å²) in [6.07, 6.45) is 5.36. The van der Waals surface area contributed by atoms with Gasteiger partial charge in [-0.05, 0) is 72.7 Å². The van der Waals surface area contributed by atoms with E-state index in [1.54, 1.807) is 36.4 Å². The first-order valence-electron chi connectivity index (χ1n) is 10.5. The first-order valence-corrected chi connectivity index (χ1v) is 11.3. The summed E-state index contributed by atoms with van der Waals surface area (Å²) in [4.78, 5) is 13.9. The van der Waals surface area contributed by atoms with E-state index in [1.165, 1.54) is 29.5 Å².